The fourth-order valence-corrected chi connectivity index (χ4v) is 3.12. The van der Waals surface area contributed by atoms with Gasteiger partial charge in [0.15, 0.2) is 5.17 Å². The average Bonchev–Trinajstić information content (AvgIpc) is 3.05. The lowest BCUT2D eigenvalue weighted by Gasteiger charge is -2.14. The number of amidine groups is 1. The van der Waals surface area contributed by atoms with Crippen LogP contribution < -0.4 is 10.6 Å². The zero-order valence-electron chi connectivity index (χ0n) is 13.2. The van der Waals surface area contributed by atoms with Crippen molar-refractivity contribution in [2.45, 2.75) is 13.8 Å². The summed E-state index contributed by atoms with van der Waals surface area (Å²) in [4.78, 5) is 16.8. The van der Waals surface area contributed by atoms with Crippen molar-refractivity contribution >= 4 is 34.2 Å². The maximum absolute atomic E-state index is 12.5. The topological polar surface area (TPSA) is 53.5 Å². The molecule has 1 aliphatic heterocycles. The van der Waals surface area contributed by atoms with Crippen molar-refractivity contribution in [2.75, 3.05) is 17.6 Å². The summed E-state index contributed by atoms with van der Waals surface area (Å²) in [6, 6.07) is 13.6. The van der Waals surface area contributed by atoms with Crippen LogP contribution in [-0.4, -0.2) is 23.4 Å². The molecule has 0 aliphatic carbocycles. The number of rotatable bonds is 3. The molecule has 0 unspecified atom stereocenters. The quantitative estimate of drug-likeness (QED) is 0.900. The molecule has 3 rings (SSSR count). The molecule has 23 heavy (non-hydrogen) atoms. The van der Waals surface area contributed by atoms with Crippen molar-refractivity contribution in [2.24, 2.45) is 4.99 Å². The van der Waals surface area contributed by atoms with Crippen LogP contribution in [0.3, 0.4) is 0 Å². The minimum Gasteiger partial charge on any atom is -0.355 e. The predicted molar refractivity (Wildman–Crippen MR) is 97.9 cm³/mol. The lowest BCUT2D eigenvalue weighted by molar-refractivity contribution is 0.0979. The van der Waals surface area contributed by atoms with E-state index in [1.54, 1.807) is 11.8 Å². The standard InChI is InChI=1S/C18H19N3OS/c1-12-6-5-9-15(13(12)2)20-16-8-4-3-7-14(16)17(22)21-18-19-10-11-23-18/h3-9,20H,10-11H2,1-2H3,(H,19,21,22). The third-order valence-electron chi connectivity index (χ3n) is 3.85. The van der Waals surface area contributed by atoms with E-state index < -0.39 is 0 Å². The maximum atomic E-state index is 12.5. The van der Waals surface area contributed by atoms with Gasteiger partial charge in [0, 0.05) is 11.4 Å². The molecule has 0 radical (unpaired) electrons. The molecule has 1 heterocycles. The summed E-state index contributed by atoms with van der Waals surface area (Å²) in [6.07, 6.45) is 0. The Morgan fingerprint density at radius 1 is 1.09 bits per heavy atom. The summed E-state index contributed by atoms with van der Waals surface area (Å²) in [7, 11) is 0. The van der Waals surface area contributed by atoms with Gasteiger partial charge in [0.1, 0.15) is 0 Å². The van der Waals surface area contributed by atoms with E-state index in [-0.39, 0.29) is 5.91 Å². The Morgan fingerprint density at radius 2 is 1.87 bits per heavy atom. The van der Waals surface area contributed by atoms with Crippen molar-refractivity contribution in [3.63, 3.8) is 0 Å². The van der Waals surface area contributed by atoms with Gasteiger partial charge in [-0.2, -0.15) is 0 Å². The van der Waals surface area contributed by atoms with Crippen molar-refractivity contribution in [1.29, 1.82) is 0 Å². The van der Waals surface area contributed by atoms with E-state index in [1.807, 2.05) is 36.4 Å². The number of aryl methyl sites for hydroxylation is 1. The number of nitrogens with one attached hydrogen (secondary N) is 2. The summed E-state index contributed by atoms with van der Waals surface area (Å²) in [5.74, 6) is 0.796. The van der Waals surface area contributed by atoms with Gasteiger partial charge in [-0.05, 0) is 43.2 Å². The second kappa shape index (κ2) is 6.87. The van der Waals surface area contributed by atoms with E-state index in [2.05, 4.69) is 35.5 Å². The summed E-state index contributed by atoms with van der Waals surface area (Å²) in [5.41, 5.74) is 4.82. The first-order valence-electron chi connectivity index (χ1n) is 7.56. The van der Waals surface area contributed by atoms with E-state index in [9.17, 15) is 4.79 Å². The number of carbonyl (C=O) groups is 1. The molecule has 0 atom stereocenters. The maximum Gasteiger partial charge on any atom is 0.259 e. The van der Waals surface area contributed by atoms with E-state index >= 15 is 0 Å². The van der Waals surface area contributed by atoms with Gasteiger partial charge >= 0.3 is 0 Å². The number of thioether (sulfide) groups is 1. The number of benzene rings is 2. The third-order valence-corrected chi connectivity index (χ3v) is 4.74. The van der Waals surface area contributed by atoms with Gasteiger partial charge in [-0.1, -0.05) is 36.0 Å². The Hall–Kier alpha value is -2.27. The molecule has 1 aliphatic rings. The third kappa shape index (κ3) is 3.56. The van der Waals surface area contributed by atoms with Crippen molar-refractivity contribution < 1.29 is 4.79 Å². The number of hydrogen-bond donors (Lipinski definition) is 2. The molecule has 2 aromatic rings. The molecule has 5 heteroatoms. The minimum atomic E-state index is -0.133. The lowest BCUT2D eigenvalue weighted by atomic mass is 10.1. The summed E-state index contributed by atoms with van der Waals surface area (Å²) in [5, 5.41) is 6.97. The van der Waals surface area contributed by atoms with Crippen LogP contribution in [0, 0.1) is 13.8 Å². The first-order valence-corrected chi connectivity index (χ1v) is 8.54. The monoisotopic (exact) mass is 325 g/mol. The Balaban J connectivity index is 1.85. The van der Waals surface area contributed by atoms with Crippen LogP contribution in [0.1, 0.15) is 21.5 Å². The molecule has 0 spiro atoms. The number of aliphatic imine (C=N–C) groups is 1. The van der Waals surface area contributed by atoms with E-state index in [1.165, 1.54) is 11.1 Å². The largest absolute Gasteiger partial charge is 0.355 e. The fraction of sp³-hybridized carbons (Fsp3) is 0.222. The van der Waals surface area contributed by atoms with Crippen LogP contribution in [0.4, 0.5) is 11.4 Å². The highest BCUT2D eigenvalue weighted by atomic mass is 32.2. The summed E-state index contributed by atoms with van der Waals surface area (Å²) < 4.78 is 0. The SMILES string of the molecule is Cc1cccc(Nc2ccccc2C(=O)NC2=NCCS2)c1C. The van der Waals surface area contributed by atoms with Crippen molar-refractivity contribution in [3.8, 4) is 0 Å². The van der Waals surface area contributed by atoms with Crippen molar-refractivity contribution in [3.05, 3.63) is 59.2 Å². The van der Waals surface area contributed by atoms with Gasteiger partial charge in [0.2, 0.25) is 0 Å². The zero-order valence-corrected chi connectivity index (χ0v) is 14.0. The minimum absolute atomic E-state index is 0.133. The highest BCUT2D eigenvalue weighted by Gasteiger charge is 2.16. The Morgan fingerprint density at radius 3 is 2.65 bits per heavy atom. The number of carbonyl (C=O) groups excluding carboxylic acids is 1. The molecule has 0 fully saturated rings. The van der Waals surface area contributed by atoms with Crippen LogP contribution in [0.2, 0.25) is 0 Å². The molecule has 0 bridgehead atoms. The van der Waals surface area contributed by atoms with E-state index in [4.69, 9.17) is 0 Å². The molecule has 4 nitrogen and oxygen atoms in total. The molecular formula is C18H19N3OS. The lowest BCUT2D eigenvalue weighted by Crippen LogP contribution is -2.27. The smallest absolute Gasteiger partial charge is 0.259 e. The molecule has 118 valence electrons. The van der Waals surface area contributed by atoms with E-state index in [0.717, 1.165) is 23.7 Å². The Kier molecular flexibility index (Phi) is 4.67. The molecule has 0 aromatic heterocycles. The molecule has 2 aromatic carbocycles. The first-order chi connectivity index (χ1) is 11.1. The number of nitrogens with zero attached hydrogens (tertiary/aromatic N) is 1. The number of hydrogen-bond acceptors (Lipinski definition) is 4. The highest BCUT2D eigenvalue weighted by Crippen LogP contribution is 2.25. The Labute approximate surface area is 140 Å². The van der Waals surface area contributed by atoms with E-state index in [0.29, 0.717) is 10.7 Å². The summed E-state index contributed by atoms with van der Waals surface area (Å²) >= 11 is 1.58. The van der Waals surface area contributed by atoms with Crippen LogP contribution in [0.15, 0.2) is 47.5 Å². The molecule has 0 saturated heterocycles. The van der Waals surface area contributed by atoms with Crippen LogP contribution in [-0.2, 0) is 0 Å². The first kappa shape index (κ1) is 15.6. The zero-order chi connectivity index (χ0) is 16.2. The van der Waals surface area contributed by atoms with Crippen LogP contribution in [0.25, 0.3) is 0 Å². The second-order valence-corrected chi connectivity index (χ2v) is 6.49. The van der Waals surface area contributed by atoms with Gasteiger partial charge < -0.3 is 10.6 Å². The van der Waals surface area contributed by atoms with Gasteiger partial charge in [0.05, 0.1) is 17.8 Å². The van der Waals surface area contributed by atoms with Gasteiger partial charge in [0.25, 0.3) is 5.91 Å². The molecule has 0 saturated carbocycles. The normalized spacial score (nSPS) is 13.6. The number of para-hydroxylation sites is 1. The van der Waals surface area contributed by atoms with Crippen LogP contribution in [0.5, 0.6) is 0 Å². The second-order valence-electron chi connectivity index (χ2n) is 5.41. The predicted octanol–water partition coefficient (Wildman–Crippen LogP) is 3.88. The van der Waals surface area contributed by atoms with Gasteiger partial charge in [-0.15, -0.1) is 0 Å². The fourth-order valence-electron chi connectivity index (χ4n) is 2.40. The average molecular weight is 325 g/mol. The van der Waals surface area contributed by atoms with Crippen LogP contribution >= 0.6 is 11.8 Å². The highest BCUT2D eigenvalue weighted by molar-refractivity contribution is 8.14. The molecular weight excluding hydrogens is 306 g/mol. The molecule has 2 N–H and O–H groups in total. The van der Waals surface area contributed by atoms with Crippen molar-refractivity contribution in [1.82, 2.24) is 5.32 Å². The number of anilines is 2. The number of amides is 1. The van der Waals surface area contributed by atoms with Gasteiger partial charge in [-0.3, -0.25) is 9.79 Å². The molecule has 1 amide bonds. The Bertz CT molecular complexity index is 771. The van der Waals surface area contributed by atoms with Gasteiger partial charge in [-0.25, -0.2) is 0 Å². The summed E-state index contributed by atoms with van der Waals surface area (Å²) in [6.45, 7) is 4.92.